The van der Waals surface area contributed by atoms with Crippen molar-refractivity contribution in [2.75, 3.05) is 31.1 Å². The maximum absolute atomic E-state index is 13.3. The van der Waals surface area contributed by atoms with Gasteiger partial charge >= 0.3 is 0 Å². The molecule has 0 amide bonds. The molecule has 0 radical (unpaired) electrons. The van der Waals surface area contributed by atoms with Crippen LogP contribution in [0.5, 0.6) is 0 Å². The number of hydrogen-bond donors (Lipinski definition) is 1. The molecule has 1 unspecified atom stereocenters. The van der Waals surface area contributed by atoms with Crippen molar-refractivity contribution in [1.82, 2.24) is 5.32 Å². The third-order valence-electron chi connectivity index (χ3n) is 3.18. The molecule has 4 heteroatoms. The van der Waals surface area contributed by atoms with Crippen molar-refractivity contribution < 1.29 is 4.39 Å². The quantitative estimate of drug-likeness (QED) is 0.891. The standard InChI is InChI=1S/C13H18ClFN2/c1-2-16-8-10-3-4-17(9-10)13-6-11(14)5-12(15)7-13/h5-7,10,16H,2-4,8-9H2,1H3. The van der Waals surface area contributed by atoms with E-state index < -0.39 is 0 Å². The summed E-state index contributed by atoms with van der Waals surface area (Å²) in [5.41, 5.74) is 0.897. The Balaban J connectivity index is 1.99. The minimum atomic E-state index is -0.261. The van der Waals surface area contributed by atoms with Gasteiger partial charge < -0.3 is 10.2 Å². The Bertz CT molecular complexity index is 363. The molecule has 17 heavy (non-hydrogen) atoms. The molecule has 0 saturated carbocycles. The predicted octanol–water partition coefficient (Wildman–Crippen LogP) is 2.91. The highest BCUT2D eigenvalue weighted by Gasteiger charge is 2.22. The summed E-state index contributed by atoms with van der Waals surface area (Å²) < 4.78 is 13.3. The highest BCUT2D eigenvalue weighted by molar-refractivity contribution is 6.30. The van der Waals surface area contributed by atoms with Gasteiger partial charge in [0, 0.05) is 23.8 Å². The van der Waals surface area contributed by atoms with Crippen LogP contribution in [0.1, 0.15) is 13.3 Å². The molecule has 1 aliphatic rings. The lowest BCUT2D eigenvalue weighted by Gasteiger charge is -2.19. The molecule has 1 heterocycles. The van der Waals surface area contributed by atoms with Crippen molar-refractivity contribution in [2.24, 2.45) is 5.92 Å². The average molecular weight is 257 g/mol. The fourth-order valence-electron chi connectivity index (χ4n) is 2.30. The van der Waals surface area contributed by atoms with Crippen molar-refractivity contribution in [3.05, 3.63) is 29.0 Å². The molecule has 1 atom stereocenters. The van der Waals surface area contributed by atoms with Crippen molar-refractivity contribution >= 4 is 17.3 Å². The lowest BCUT2D eigenvalue weighted by molar-refractivity contribution is 0.527. The molecule has 1 aliphatic heterocycles. The summed E-state index contributed by atoms with van der Waals surface area (Å²) in [6, 6.07) is 4.74. The smallest absolute Gasteiger partial charge is 0.126 e. The van der Waals surface area contributed by atoms with E-state index in [9.17, 15) is 4.39 Å². The molecule has 0 aliphatic carbocycles. The van der Waals surface area contributed by atoms with Gasteiger partial charge in [0.05, 0.1) is 0 Å². The van der Waals surface area contributed by atoms with Crippen molar-refractivity contribution in [2.45, 2.75) is 13.3 Å². The first kappa shape index (κ1) is 12.7. The first-order chi connectivity index (χ1) is 8.19. The van der Waals surface area contributed by atoms with E-state index >= 15 is 0 Å². The number of halogens is 2. The third-order valence-corrected chi connectivity index (χ3v) is 3.40. The SMILES string of the molecule is CCNCC1CCN(c2cc(F)cc(Cl)c2)C1. The van der Waals surface area contributed by atoms with Crippen LogP contribution >= 0.6 is 11.6 Å². The molecule has 2 rings (SSSR count). The number of benzene rings is 1. The molecule has 0 spiro atoms. The van der Waals surface area contributed by atoms with Crippen LogP contribution in [0, 0.1) is 11.7 Å². The van der Waals surface area contributed by atoms with Gasteiger partial charge in [0.15, 0.2) is 0 Å². The van der Waals surface area contributed by atoms with Crippen LogP contribution in [-0.2, 0) is 0 Å². The highest BCUT2D eigenvalue weighted by atomic mass is 35.5. The van der Waals surface area contributed by atoms with Crippen LogP contribution in [0.2, 0.25) is 5.02 Å². The Morgan fingerprint density at radius 2 is 2.29 bits per heavy atom. The van der Waals surface area contributed by atoms with Gasteiger partial charge in [-0.2, -0.15) is 0 Å². The van der Waals surface area contributed by atoms with E-state index in [2.05, 4.69) is 17.1 Å². The summed E-state index contributed by atoms with van der Waals surface area (Å²) >= 11 is 5.87. The van der Waals surface area contributed by atoms with Crippen LogP contribution in [0.25, 0.3) is 0 Å². The number of nitrogens with zero attached hydrogens (tertiary/aromatic N) is 1. The largest absolute Gasteiger partial charge is 0.371 e. The molecular formula is C13H18ClFN2. The number of rotatable bonds is 4. The van der Waals surface area contributed by atoms with E-state index in [1.807, 2.05) is 6.07 Å². The fraction of sp³-hybridized carbons (Fsp3) is 0.538. The van der Waals surface area contributed by atoms with E-state index in [-0.39, 0.29) is 5.82 Å². The first-order valence-electron chi connectivity index (χ1n) is 6.11. The molecule has 1 aromatic rings. The minimum Gasteiger partial charge on any atom is -0.371 e. The van der Waals surface area contributed by atoms with Gasteiger partial charge in [0.2, 0.25) is 0 Å². The second-order valence-corrected chi connectivity index (χ2v) is 4.97. The van der Waals surface area contributed by atoms with Gasteiger partial charge in [-0.05, 0) is 43.6 Å². The van der Waals surface area contributed by atoms with Gasteiger partial charge in [0.25, 0.3) is 0 Å². The number of anilines is 1. The zero-order chi connectivity index (χ0) is 12.3. The summed E-state index contributed by atoms with van der Waals surface area (Å²) in [6.07, 6.45) is 1.15. The predicted molar refractivity (Wildman–Crippen MR) is 70.3 cm³/mol. The molecule has 94 valence electrons. The molecule has 0 aromatic heterocycles. The summed E-state index contributed by atoms with van der Waals surface area (Å²) in [5.74, 6) is 0.389. The van der Waals surface area contributed by atoms with E-state index in [0.717, 1.165) is 38.3 Å². The lowest BCUT2D eigenvalue weighted by atomic mass is 10.1. The molecule has 1 fully saturated rings. The Morgan fingerprint density at radius 1 is 1.47 bits per heavy atom. The van der Waals surface area contributed by atoms with Crippen molar-refractivity contribution in [3.63, 3.8) is 0 Å². The van der Waals surface area contributed by atoms with Gasteiger partial charge in [-0.1, -0.05) is 18.5 Å². The van der Waals surface area contributed by atoms with E-state index in [1.165, 1.54) is 6.07 Å². The van der Waals surface area contributed by atoms with Crippen LogP contribution in [-0.4, -0.2) is 26.2 Å². The molecule has 1 N–H and O–H groups in total. The third kappa shape index (κ3) is 3.33. The van der Waals surface area contributed by atoms with Gasteiger partial charge in [-0.3, -0.25) is 0 Å². The normalized spacial score (nSPS) is 19.9. The summed E-state index contributed by atoms with van der Waals surface area (Å²) in [7, 11) is 0. The topological polar surface area (TPSA) is 15.3 Å². The number of nitrogens with one attached hydrogen (secondary N) is 1. The monoisotopic (exact) mass is 256 g/mol. The molecule has 1 saturated heterocycles. The van der Waals surface area contributed by atoms with Crippen LogP contribution in [0.3, 0.4) is 0 Å². The van der Waals surface area contributed by atoms with E-state index in [0.29, 0.717) is 10.9 Å². The molecule has 1 aromatic carbocycles. The molecule has 2 nitrogen and oxygen atoms in total. The van der Waals surface area contributed by atoms with Gasteiger partial charge in [-0.25, -0.2) is 4.39 Å². The van der Waals surface area contributed by atoms with Crippen molar-refractivity contribution in [3.8, 4) is 0 Å². The zero-order valence-electron chi connectivity index (χ0n) is 10.0. The summed E-state index contributed by atoms with van der Waals surface area (Å²) in [4.78, 5) is 2.21. The van der Waals surface area contributed by atoms with Crippen molar-refractivity contribution in [1.29, 1.82) is 0 Å². The summed E-state index contributed by atoms with van der Waals surface area (Å²) in [6.45, 7) is 6.11. The Kier molecular flexibility index (Phi) is 4.24. The maximum atomic E-state index is 13.3. The molecular weight excluding hydrogens is 239 g/mol. The maximum Gasteiger partial charge on any atom is 0.126 e. The molecule has 0 bridgehead atoms. The average Bonchev–Trinajstić information content (AvgIpc) is 2.73. The first-order valence-corrected chi connectivity index (χ1v) is 6.48. The Hall–Kier alpha value is -0.800. The van der Waals surface area contributed by atoms with Gasteiger partial charge in [-0.15, -0.1) is 0 Å². The van der Waals surface area contributed by atoms with Gasteiger partial charge in [0.1, 0.15) is 5.82 Å². The Labute approximate surface area is 107 Å². The zero-order valence-corrected chi connectivity index (χ0v) is 10.8. The second-order valence-electron chi connectivity index (χ2n) is 4.54. The van der Waals surface area contributed by atoms with Crippen LogP contribution in [0.4, 0.5) is 10.1 Å². The highest BCUT2D eigenvalue weighted by Crippen LogP contribution is 2.27. The van der Waals surface area contributed by atoms with Crippen LogP contribution in [0.15, 0.2) is 18.2 Å². The van der Waals surface area contributed by atoms with E-state index in [1.54, 1.807) is 6.07 Å². The lowest BCUT2D eigenvalue weighted by Crippen LogP contribution is -2.26. The second kappa shape index (κ2) is 5.69. The summed E-state index contributed by atoms with van der Waals surface area (Å²) in [5, 5.41) is 3.83. The fourth-order valence-corrected chi connectivity index (χ4v) is 2.52. The van der Waals surface area contributed by atoms with Crippen LogP contribution < -0.4 is 10.2 Å². The Morgan fingerprint density at radius 3 is 3.00 bits per heavy atom. The minimum absolute atomic E-state index is 0.261. The number of hydrogen-bond acceptors (Lipinski definition) is 2. The van der Waals surface area contributed by atoms with E-state index in [4.69, 9.17) is 11.6 Å².